The van der Waals surface area contributed by atoms with E-state index in [0.29, 0.717) is 31.0 Å². The summed E-state index contributed by atoms with van der Waals surface area (Å²) in [7, 11) is 0. The molecule has 1 aromatic carbocycles. The Morgan fingerprint density at radius 2 is 2.19 bits per heavy atom. The molecule has 0 spiro atoms. The quantitative estimate of drug-likeness (QED) is 0.842. The van der Waals surface area contributed by atoms with Crippen molar-refractivity contribution < 1.29 is 9.59 Å². The summed E-state index contributed by atoms with van der Waals surface area (Å²) in [5, 5.41) is 2.91. The minimum Gasteiger partial charge on any atom is -0.330 e. The maximum absolute atomic E-state index is 12.0. The van der Waals surface area contributed by atoms with Gasteiger partial charge >= 0.3 is 0 Å². The number of carbonyl (C=O) groups is 2. The van der Waals surface area contributed by atoms with Gasteiger partial charge in [-0.05, 0) is 37.4 Å². The van der Waals surface area contributed by atoms with Crippen LogP contribution in [0.5, 0.6) is 0 Å². The van der Waals surface area contributed by atoms with Crippen molar-refractivity contribution in [3.8, 4) is 0 Å². The Labute approximate surface area is 125 Å². The number of amides is 2. The largest absolute Gasteiger partial charge is 0.330 e. The van der Waals surface area contributed by atoms with Crippen LogP contribution in [0.15, 0.2) is 24.3 Å². The van der Waals surface area contributed by atoms with Crippen LogP contribution >= 0.6 is 0 Å². The van der Waals surface area contributed by atoms with Crippen molar-refractivity contribution in [1.29, 1.82) is 0 Å². The highest BCUT2D eigenvalue weighted by molar-refractivity contribution is 6.02. The van der Waals surface area contributed by atoms with Crippen LogP contribution in [-0.2, 0) is 9.59 Å². The van der Waals surface area contributed by atoms with E-state index in [0.717, 1.165) is 25.1 Å². The number of carbonyl (C=O) groups excluding carboxylic acids is 2. The molecule has 1 heterocycles. The van der Waals surface area contributed by atoms with Gasteiger partial charge < -0.3 is 16.0 Å². The van der Waals surface area contributed by atoms with Gasteiger partial charge in [0.15, 0.2) is 0 Å². The molecule has 0 aliphatic carbocycles. The number of nitrogens with two attached hydrogens (primary N) is 1. The molecule has 2 amide bonds. The molecule has 0 saturated carbocycles. The van der Waals surface area contributed by atoms with E-state index in [4.69, 9.17) is 5.73 Å². The fourth-order valence-corrected chi connectivity index (χ4v) is 2.43. The third kappa shape index (κ3) is 4.04. The van der Waals surface area contributed by atoms with Crippen LogP contribution in [0.25, 0.3) is 0 Å². The van der Waals surface area contributed by atoms with Crippen molar-refractivity contribution in [3.05, 3.63) is 24.3 Å². The van der Waals surface area contributed by atoms with Crippen molar-refractivity contribution in [2.75, 3.05) is 23.3 Å². The van der Waals surface area contributed by atoms with Gasteiger partial charge in [-0.25, -0.2) is 0 Å². The summed E-state index contributed by atoms with van der Waals surface area (Å²) in [5.74, 6) is 0.425. The number of hydrogen-bond acceptors (Lipinski definition) is 3. The lowest BCUT2D eigenvalue weighted by atomic mass is 10.1. The maximum Gasteiger partial charge on any atom is 0.227 e. The van der Waals surface area contributed by atoms with Gasteiger partial charge in [-0.3, -0.25) is 9.59 Å². The molecule has 5 heteroatoms. The second-order valence-electron chi connectivity index (χ2n) is 5.59. The molecule has 114 valence electrons. The van der Waals surface area contributed by atoms with Crippen LogP contribution in [-0.4, -0.2) is 24.9 Å². The number of anilines is 2. The first-order valence-corrected chi connectivity index (χ1v) is 7.51. The van der Waals surface area contributed by atoms with Gasteiger partial charge in [0.2, 0.25) is 11.8 Å². The Hall–Kier alpha value is -1.88. The van der Waals surface area contributed by atoms with E-state index in [2.05, 4.69) is 5.32 Å². The fourth-order valence-electron chi connectivity index (χ4n) is 2.43. The van der Waals surface area contributed by atoms with Crippen molar-refractivity contribution in [3.63, 3.8) is 0 Å². The Bertz CT molecular complexity index is 516. The minimum atomic E-state index is -0.0330. The number of nitrogens with one attached hydrogen (secondary N) is 1. The number of nitrogens with zero attached hydrogens (tertiary/aromatic N) is 1. The molecule has 0 aromatic heterocycles. The van der Waals surface area contributed by atoms with Crippen LogP contribution in [0.1, 0.15) is 32.6 Å². The second-order valence-corrected chi connectivity index (χ2v) is 5.59. The van der Waals surface area contributed by atoms with Crippen LogP contribution in [0.3, 0.4) is 0 Å². The third-order valence-corrected chi connectivity index (χ3v) is 3.81. The minimum absolute atomic E-state index is 0.0330. The normalized spacial score (nSPS) is 16.1. The molecule has 1 aliphatic heterocycles. The Kier molecular flexibility index (Phi) is 5.33. The summed E-state index contributed by atoms with van der Waals surface area (Å²) in [5.41, 5.74) is 7.06. The zero-order chi connectivity index (χ0) is 15.2. The summed E-state index contributed by atoms with van der Waals surface area (Å²) in [6.45, 7) is 3.34. The molecule has 1 saturated heterocycles. The lowest BCUT2D eigenvalue weighted by Gasteiger charge is -2.20. The number of para-hydroxylation sites is 2. The molecule has 1 unspecified atom stereocenters. The zero-order valence-corrected chi connectivity index (χ0v) is 12.5. The number of hydrogen-bond donors (Lipinski definition) is 2. The van der Waals surface area contributed by atoms with Crippen molar-refractivity contribution in [2.24, 2.45) is 11.7 Å². The van der Waals surface area contributed by atoms with Crippen molar-refractivity contribution in [2.45, 2.75) is 32.6 Å². The van der Waals surface area contributed by atoms with Crippen LogP contribution in [0, 0.1) is 5.92 Å². The first-order chi connectivity index (χ1) is 10.1. The molecular weight excluding hydrogens is 266 g/mol. The summed E-state index contributed by atoms with van der Waals surface area (Å²) in [4.78, 5) is 25.6. The van der Waals surface area contributed by atoms with E-state index < -0.39 is 0 Å². The molecule has 1 aromatic rings. The molecule has 3 N–H and O–H groups in total. The zero-order valence-electron chi connectivity index (χ0n) is 12.5. The highest BCUT2D eigenvalue weighted by Gasteiger charge is 2.24. The van der Waals surface area contributed by atoms with Gasteiger partial charge in [-0.15, -0.1) is 0 Å². The molecular formula is C16H23N3O2. The maximum atomic E-state index is 12.0. The van der Waals surface area contributed by atoms with Gasteiger partial charge in [0, 0.05) is 19.4 Å². The number of rotatable bonds is 6. The molecule has 0 radical (unpaired) electrons. The molecule has 21 heavy (non-hydrogen) atoms. The average Bonchev–Trinajstić information content (AvgIpc) is 2.91. The van der Waals surface area contributed by atoms with E-state index in [1.807, 2.05) is 31.2 Å². The van der Waals surface area contributed by atoms with Crippen LogP contribution in [0.4, 0.5) is 11.4 Å². The Morgan fingerprint density at radius 1 is 1.43 bits per heavy atom. The highest BCUT2D eigenvalue weighted by Crippen LogP contribution is 2.29. The third-order valence-electron chi connectivity index (χ3n) is 3.81. The van der Waals surface area contributed by atoms with E-state index in [9.17, 15) is 9.59 Å². The predicted octanol–water partition coefficient (Wildman–Crippen LogP) is 2.13. The van der Waals surface area contributed by atoms with Crippen molar-refractivity contribution in [1.82, 2.24) is 0 Å². The Balaban J connectivity index is 2.03. The average molecular weight is 289 g/mol. The van der Waals surface area contributed by atoms with Gasteiger partial charge in [0.1, 0.15) is 0 Å². The lowest BCUT2D eigenvalue weighted by molar-refractivity contribution is -0.117. The van der Waals surface area contributed by atoms with E-state index in [-0.39, 0.29) is 11.8 Å². The summed E-state index contributed by atoms with van der Waals surface area (Å²) in [6.07, 6.45) is 2.67. The van der Waals surface area contributed by atoms with Crippen LogP contribution < -0.4 is 16.0 Å². The monoisotopic (exact) mass is 289 g/mol. The molecule has 1 atom stereocenters. The van der Waals surface area contributed by atoms with Gasteiger partial charge in [-0.1, -0.05) is 19.1 Å². The van der Waals surface area contributed by atoms with Gasteiger partial charge in [0.25, 0.3) is 0 Å². The molecule has 1 fully saturated rings. The standard InChI is InChI=1S/C16H23N3O2/c1-12(11-17)8-9-15(20)18-13-5-2-3-6-14(13)19-10-4-7-16(19)21/h2-3,5-6,12H,4,7-11,17H2,1H3,(H,18,20). The van der Waals surface area contributed by atoms with Gasteiger partial charge in [0.05, 0.1) is 11.4 Å². The van der Waals surface area contributed by atoms with E-state index >= 15 is 0 Å². The smallest absolute Gasteiger partial charge is 0.227 e. The lowest BCUT2D eigenvalue weighted by Crippen LogP contribution is -2.25. The highest BCUT2D eigenvalue weighted by atomic mass is 16.2. The molecule has 0 bridgehead atoms. The first kappa shape index (κ1) is 15.5. The SMILES string of the molecule is CC(CN)CCC(=O)Nc1ccccc1N1CCCC1=O. The molecule has 1 aliphatic rings. The summed E-state index contributed by atoms with van der Waals surface area (Å²) >= 11 is 0. The molecule has 2 rings (SSSR count). The first-order valence-electron chi connectivity index (χ1n) is 7.51. The van der Waals surface area contributed by atoms with Gasteiger partial charge in [-0.2, -0.15) is 0 Å². The molecule has 5 nitrogen and oxygen atoms in total. The second kappa shape index (κ2) is 7.22. The number of benzene rings is 1. The topological polar surface area (TPSA) is 75.4 Å². The predicted molar refractivity (Wildman–Crippen MR) is 84.1 cm³/mol. The van der Waals surface area contributed by atoms with Crippen LogP contribution in [0.2, 0.25) is 0 Å². The van der Waals surface area contributed by atoms with E-state index in [1.165, 1.54) is 0 Å². The van der Waals surface area contributed by atoms with E-state index in [1.54, 1.807) is 4.90 Å². The van der Waals surface area contributed by atoms with Crippen molar-refractivity contribution >= 4 is 23.2 Å². The summed E-state index contributed by atoms with van der Waals surface area (Å²) in [6, 6.07) is 7.46. The Morgan fingerprint density at radius 3 is 2.86 bits per heavy atom. The fraction of sp³-hybridized carbons (Fsp3) is 0.500. The summed E-state index contributed by atoms with van der Waals surface area (Å²) < 4.78 is 0.